The highest BCUT2D eigenvalue weighted by molar-refractivity contribution is 5.80. The average molecular weight is 365 g/mol. The first kappa shape index (κ1) is 18.0. The number of para-hydroxylation sites is 4. The molecule has 2 heterocycles. The smallest absolute Gasteiger partial charge is 0.106 e. The van der Waals surface area contributed by atoms with Crippen molar-refractivity contribution in [1.29, 1.82) is 0 Å². The summed E-state index contributed by atoms with van der Waals surface area (Å²) in [6.45, 7) is 9.24. The van der Waals surface area contributed by atoms with Crippen molar-refractivity contribution in [2.24, 2.45) is 0 Å². The van der Waals surface area contributed by atoms with Gasteiger partial charge in [0.25, 0.3) is 0 Å². The van der Waals surface area contributed by atoms with E-state index < -0.39 is 0 Å². The van der Waals surface area contributed by atoms with E-state index in [1.165, 1.54) is 22.7 Å². The van der Waals surface area contributed by atoms with Crippen LogP contribution in [0.15, 0.2) is 48.5 Å². The second kappa shape index (κ2) is 6.66. The summed E-state index contributed by atoms with van der Waals surface area (Å²) in [5.41, 5.74) is 5.39. The maximum Gasteiger partial charge on any atom is 0.106 e. The summed E-state index contributed by atoms with van der Waals surface area (Å²) in [4.78, 5) is 10.1. The molecular formula is C23H32N4. The summed E-state index contributed by atoms with van der Waals surface area (Å²) in [5, 5.41) is 0. The molecule has 0 bridgehead atoms. The first-order valence-electron chi connectivity index (χ1n) is 10.1. The summed E-state index contributed by atoms with van der Waals surface area (Å²) in [6, 6.07) is 18.5. The van der Waals surface area contributed by atoms with Crippen LogP contribution >= 0.6 is 0 Å². The number of fused-ring (bicyclic) bond motifs is 2. The van der Waals surface area contributed by atoms with E-state index in [1.807, 2.05) is 0 Å². The van der Waals surface area contributed by atoms with Crippen LogP contribution in [-0.2, 0) is 0 Å². The van der Waals surface area contributed by atoms with Crippen molar-refractivity contribution < 1.29 is 0 Å². The molecule has 27 heavy (non-hydrogen) atoms. The molecule has 0 aromatic heterocycles. The Morgan fingerprint density at radius 3 is 1.37 bits per heavy atom. The molecule has 0 saturated carbocycles. The van der Waals surface area contributed by atoms with Crippen molar-refractivity contribution in [1.82, 2.24) is 0 Å². The van der Waals surface area contributed by atoms with Gasteiger partial charge in [-0.25, -0.2) is 0 Å². The van der Waals surface area contributed by atoms with E-state index in [-0.39, 0.29) is 0 Å². The quantitative estimate of drug-likeness (QED) is 0.775. The summed E-state index contributed by atoms with van der Waals surface area (Å²) in [7, 11) is 4.46. The van der Waals surface area contributed by atoms with Crippen molar-refractivity contribution in [3.8, 4) is 0 Å². The zero-order valence-electron chi connectivity index (χ0n) is 17.4. The first-order chi connectivity index (χ1) is 12.9. The summed E-state index contributed by atoms with van der Waals surface area (Å²) >= 11 is 0. The summed E-state index contributed by atoms with van der Waals surface area (Å²) in [5.74, 6) is 0. The Bertz CT molecular complexity index is 752. The molecule has 0 amide bonds. The van der Waals surface area contributed by atoms with Crippen LogP contribution in [0, 0.1) is 0 Å². The molecular weight excluding hydrogens is 332 g/mol. The van der Waals surface area contributed by atoms with Gasteiger partial charge in [-0.1, -0.05) is 24.3 Å². The fourth-order valence-corrected chi connectivity index (χ4v) is 4.97. The van der Waals surface area contributed by atoms with Gasteiger partial charge in [0.15, 0.2) is 0 Å². The fraction of sp³-hybridized carbons (Fsp3) is 0.478. The van der Waals surface area contributed by atoms with E-state index in [0.717, 1.165) is 6.42 Å². The molecule has 144 valence electrons. The number of hydrogen-bond acceptors (Lipinski definition) is 4. The molecule has 2 aliphatic rings. The van der Waals surface area contributed by atoms with Gasteiger partial charge in [0, 0.05) is 32.6 Å². The van der Waals surface area contributed by atoms with E-state index in [1.54, 1.807) is 0 Å². The Labute approximate surface area is 164 Å². The monoisotopic (exact) mass is 364 g/mol. The van der Waals surface area contributed by atoms with Gasteiger partial charge in [-0.05, 0) is 52.0 Å². The van der Waals surface area contributed by atoms with Crippen molar-refractivity contribution >= 4 is 22.7 Å². The van der Waals surface area contributed by atoms with Gasteiger partial charge in [0.2, 0.25) is 0 Å². The third-order valence-corrected chi connectivity index (χ3v) is 6.15. The Morgan fingerprint density at radius 2 is 1.00 bits per heavy atom. The predicted octanol–water partition coefficient (Wildman–Crippen LogP) is 4.76. The molecule has 2 aromatic rings. The van der Waals surface area contributed by atoms with Crippen LogP contribution in [0.2, 0.25) is 0 Å². The van der Waals surface area contributed by atoms with E-state index >= 15 is 0 Å². The molecule has 0 N–H and O–H groups in total. The molecule has 0 unspecified atom stereocenters. The lowest BCUT2D eigenvalue weighted by Crippen LogP contribution is -2.54. The van der Waals surface area contributed by atoms with Crippen LogP contribution in [-0.4, -0.2) is 38.5 Å². The molecule has 2 aromatic carbocycles. The van der Waals surface area contributed by atoms with Gasteiger partial charge in [0.1, 0.15) is 12.3 Å². The minimum absolute atomic E-state index is 0.351. The summed E-state index contributed by atoms with van der Waals surface area (Å²) in [6.07, 6.45) is 1.77. The molecule has 0 fully saturated rings. The number of hydrogen-bond donors (Lipinski definition) is 0. The third-order valence-electron chi connectivity index (χ3n) is 6.15. The molecule has 0 aliphatic carbocycles. The van der Waals surface area contributed by atoms with Crippen molar-refractivity contribution in [3.63, 3.8) is 0 Å². The van der Waals surface area contributed by atoms with E-state index in [2.05, 4.69) is 110 Å². The highest BCUT2D eigenvalue weighted by atomic mass is 15.5. The SMILES string of the molecule is CC(C)N1c2ccccc2N(C(C)C)C1CC1N(C)c2ccccc2N1C. The summed E-state index contributed by atoms with van der Waals surface area (Å²) < 4.78 is 0. The minimum Gasteiger partial charge on any atom is -0.352 e. The largest absolute Gasteiger partial charge is 0.352 e. The number of nitrogens with zero attached hydrogens (tertiary/aromatic N) is 4. The highest BCUT2D eigenvalue weighted by Crippen LogP contribution is 2.45. The molecule has 4 nitrogen and oxygen atoms in total. The van der Waals surface area contributed by atoms with Gasteiger partial charge >= 0.3 is 0 Å². The minimum atomic E-state index is 0.351. The molecule has 2 aliphatic heterocycles. The van der Waals surface area contributed by atoms with Crippen LogP contribution in [0.1, 0.15) is 34.1 Å². The molecule has 4 rings (SSSR count). The Hall–Kier alpha value is -2.36. The van der Waals surface area contributed by atoms with Crippen LogP contribution in [0.5, 0.6) is 0 Å². The van der Waals surface area contributed by atoms with E-state index in [0.29, 0.717) is 24.4 Å². The highest BCUT2D eigenvalue weighted by Gasteiger charge is 2.42. The average Bonchev–Trinajstić information content (AvgIpc) is 3.10. The molecule has 0 spiro atoms. The Balaban J connectivity index is 1.70. The predicted molar refractivity (Wildman–Crippen MR) is 117 cm³/mol. The van der Waals surface area contributed by atoms with Crippen molar-refractivity contribution in [2.75, 3.05) is 33.7 Å². The number of rotatable bonds is 4. The first-order valence-corrected chi connectivity index (χ1v) is 10.1. The van der Waals surface area contributed by atoms with Gasteiger partial charge in [-0.15, -0.1) is 0 Å². The van der Waals surface area contributed by atoms with Crippen LogP contribution in [0.4, 0.5) is 22.7 Å². The fourth-order valence-electron chi connectivity index (χ4n) is 4.97. The van der Waals surface area contributed by atoms with Gasteiger partial charge in [-0.2, -0.15) is 0 Å². The van der Waals surface area contributed by atoms with Gasteiger partial charge < -0.3 is 19.6 Å². The zero-order chi connectivity index (χ0) is 19.3. The lowest BCUT2D eigenvalue weighted by molar-refractivity contribution is 0.440. The number of benzene rings is 2. The molecule has 0 saturated heterocycles. The van der Waals surface area contributed by atoms with Crippen LogP contribution in [0.3, 0.4) is 0 Å². The zero-order valence-corrected chi connectivity index (χ0v) is 17.4. The second-order valence-electron chi connectivity index (χ2n) is 8.40. The molecule has 4 heteroatoms. The van der Waals surface area contributed by atoms with Crippen LogP contribution in [0.25, 0.3) is 0 Å². The number of anilines is 4. The van der Waals surface area contributed by atoms with Gasteiger partial charge in [-0.3, -0.25) is 0 Å². The van der Waals surface area contributed by atoms with Crippen LogP contribution < -0.4 is 19.6 Å². The lowest BCUT2D eigenvalue weighted by Gasteiger charge is -2.41. The maximum absolute atomic E-state index is 2.61. The van der Waals surface area contributed by atoms with Gasteiger partial charge in [0.05, 0.1) is 22.7 Å². The van der Waals surface area contributed by atoms with E-state index in [4.69, 9.17) is 0 Å². The normalized spacial score (nSPS) is 17.5. The Kier molecular flexibility index (Phi) is 4.45. The standard InChI is InChI=1S/C23H32N4/c1-16(2)26-20-13-9-10-14-21(20)27(17(3)4)23(26)15-22-24(5)18-11-7-8-12-19(18)25(22)6/h7-14,16-17,22-23H,15H2,1-6H3. The molecule has 0 radical (unpaired) electrons. The van der Waals surface area contributed by atoms with Crippen molar-refractivity contribution in [3.05, 3.63) is 48.5 Å². The maximum atomic E-state index is 2.61. The van der Waals surface area contributed by atoms with E-state index in [9.17, 15) is 0 Å². The third kappa shape index (κ3) is 2.73. The van der Waals surface area contributed by atoms with Crippen molar-refractivity contribution in [2.45, 2.75) is 58.5 Å². The second-order valence-corrected chi connectivity index (χ2v) is 8.40. The Morgan fingerprint density at radius 1 is 0.630 bits per heavy atom. The lowest BCUT2D eigenvalue weighted by atomic mass is 10.1. The molecule has 0 atom stereocenters. The topological polar surface area (TPSA) is 13.0 Å².